The highest BCUT2D eigenvalue weighted by molar-refractivity contribution is 4.96. The molecule has 3 nitrogen and oxygen atoms in total. The molecule has 1 aliphatic carbocycles. The number of hydrogen-bond acceptors (Lipinski definition) is 2. The quantitative estimate of drug-likeness (QED) is 0.709. The standard InChI is InChI=1S/C14H24N2O/c1-13-8-9-15-16(13)10-5-11-17-12-14-6-3-2-4-7-14/h8-9,14H,2-7,10-12H2,1H3. The van der Waals surface area contributed by atoms with E-state index < -0.39 is 0 Å². The fourth-order valence-electron chi connectivity index (χ4n) is 2.55. The van der Waals surface area contributed by atoms with Gasteiger partial charge in [-0.05, 0) is 38.2 Å². The Labute approximate surface area is 104 Å². The van der Waals surface area contributed by atoms with Gasteiger partial charge in [-0.1, -0.05) is 19.3 Å². The number of nitrogens with zero attached hydrogens (tertiary/aromatic N) is 2. The van der Waals surface area contributed by atoms with E-state index in [1.807, 2.05) is 16.9 Å². The molecule has 17 heavy (non-hydrogen) atoms. The van der Waals surface area contributed by atoms with Gasteiger partial charge in [0.05, 0.1) is 0 Å². The molecule has 0 radical (unpaired) electrons. The van der Waals surface area contributed by atoms with Gasteiger partial charge in [0.15, 0.2) is 0 Å². The van der Waals surface area contributed by atoms with E-state index in [9.17, 15) is 0 Å². The Kier molecular flexibility index (Phi) is 5.05. The monoisotopic (exact) mass is 236 g/mol. The van der Waals surface area contributed by atoms with E-state index in [1.54, 1.807) is 0 Å². The topological polar surface area (TPSA) is 27.1 Å². The molecule has 1 heterocycles. The Hall–Kier alpha value is -0.830. The third kappa shape index (κ3) is 4.15. The molecular weight excluding hydrogens is 212 g/mol. The summed E-state index contributed by atoms with van der Waals surface area (Å²) < 4.78 is 7.82. The number of rotatable bonds is 6. The fraction of sp³-hybridized carbons (Fsp3) is 0.786. The number of aryl methyl sites for hydroxylation is 2. The van der Waals surface area contributed by atoms with Crippen molar-refractivity contribution in [3.05, 3.63) is 18.0 Å². The highest BCUT2D eigenvalue weighted by Gasteiger charge is 2.12. The van der Waals surface area contributed by atoms with Gasteiger partial charge in [-0.3, -0.25) is 4.68 Å². The Bertz CT molecular complexity index is 316. The van der Waals surface area contributed by atoms with Gasteiger partial charge >= 0.3 is 0 Å². The molecule has 0 saturated heterocycles. The summed E-state index contributed by atoms with van der Waals surface area (Å²) in [6, 6.07) is 2.04. The first kappa shape index (κ1) is 12.6. The van der Waals surface area contributed by atoms with E-state index in [1.165, 1.54) is 37.8 Å². The SMILES string of the molecule is Cc1ccnn1CCCOCC1CCCCC1. The van der Waals surface area contributed by atoms with E-state index in [0.29, 0.717) is 0 Å². The van der Waals surface area contributed by atoms with Crippen LogP contribution in [0.15, 0.2) is 12.3 Å². The lowest BCUT2D eigenvalue weighted by molar-refractivity contribution is 0.0811. The molecule has 0 atom stereocenters. The summed E-state index contributed by atoms with van der Waals surface area (Å²) in [6.07, 6.45) is 9.90. The predicted molar refractivity (Wildman–Crippen MR) is 69.0 cm³/mol. The largest absolute Gasteiger partial charge is 0.381 e. The zero-order valence-corrected chi connectivity index (χ0v) is 10.9. The fourth-order valence-corrected chi connectivity index (χ4v) is 2.55. The zero-order chi connectivity index (χ0) is 11.9. The first-order valence-electron chi connectivity index (χ1n) is 6.92. The lowest BCUT2D eigenvalue weighted by atomic mass is 9.90. The van der Waals surface area contributed by atoms with E-state index >= 15 is 0 Å². The minimum Gasteiger partial charge on any atom is -0.381 e. The van der Waals surface area contributed by atoms with Crippen molar-refractivity contribution >= 4 is 0 Å². The maximum atomic E-state index is 5.77. The highest BCUT2D eigenvalue weighted by atomic mass is 16.5. The van der Waals surface area contributed by atoms with Crippen molar-refractivity contribution in [3.8, 4) is 0 Å². The molecular formula is C14H24N2O. The van der Waals surface area contributed by atoms with Gasteiger partial charge < -0.3 is 4.74 Å². The smallest absolute Gasteiger partial charge is 0.0494 e. The van der Waals surface area contributed by atoms with Crippen molar-refractivity contribution in [2.45, 2.75) is 52.0 Å². The van der Waals surface area contributed by atoms with Crippen LogP contribution in [-0.4, -0.2) is 23.0 Å². The Balaban J connectivity index is 1.53. The molecule has 1 saturated carbocycles. The molecule has 96 valence electrons. The molecule has 0 amide bonds. The van der Waals surface area contributed by atoms with E-state index in [2.05, 4.69) is 12.0 Å². The zero-order valence-electron chi connectivity index (χ0n) is 10.9. The maximum Gasteiger partial charge on any atom is 0.0494 e. The first-order valence-corrected chi connectivity index (χ1v) is 6.92. The Morgan fingerprint density at radius 1 is 1.35 bits per heavy atom. The van der Waals surface area contributed by atoms with Gasteiger partial charge in [-0.15, -0.1) is 0 Å². The molecule has 2 rings (SSSR count). The minimum absolute atomic E-state index is 0.829. The van der Waals surface area contributed by atoms with E-state index in [0.717, 1.165) is 32.1 Å². The van der Waals surface area contributed by atoms with Gasteiger partial charge in [0.25, 0.3) is 0 Å². The van der Waals surface area contributed by atoms with Crippen LogP contribution in [0.5, 0.6) is 0 Å². The second-order valence-electron chi connectivity index (χ2n) is 5.13. The van der Waals surface area contributed by atoms with Crippen LogP contribution in [-0.2, 0) is 11.3 Å². The van der Waals surface area contributed by atoms with Crippen LogP contribution in [0.25, 0.3) is 0 Å². The summed E-state index contributed by atoms with van der Waals surface area (Å²) in [5.41, 5.74) is 1.23. The van der Waals surface area contributed by atoms with E-state index in [-0.39, 0.29) is 0 Å². The lowest BCUT2D eigenvalue weighted by Crippen LogP contribution is -2.14. The van der Waals surface area contributed by atoms with Crippen LogP contribution in [0.3, 0.4) is 0 Å². The first-order chi connectivity index (χ1) is 8.36. The molecule has 1 aromatic heterocycles. The van der Waals surface area contributed by atoms with Crippen LogP contribution < -0.4 is 0 Å². The average molecular weight is 236 g/mol. The van der Waals surface area contributed by atoms with E-state index in [4.69, 9.17) is 4.74 Å². The molecule has 0 spiro atoms. The van der Waals surface area contributed by atoms with Crippen molar-refractivity contribution in [1.29, 1.82) is 0 Å². The Morgan fingerprint density at radius 3 is 2.88 bits per heavy atom. The van der Waals surface area contributed by atoms with Gasteiger partial charge in [-0.2, -0.15) is 5.10 Å². The molecule has 1 fully saturated rings. The van der Waals surface area contributed by atoms with Crippen molar-refractivity contribution in [2.75, 3.05) is 13.2 Å². The van der Waals surface area contributed by atoms with Gasteiger partial charge in [0.1, 0.15) is 0 Å². The summed E-state index contributed by atoms with van der Waals surface area (Å²) >= 11 is 0. The van der Waals surface area contributed by atoms with Crippen molar-refractivity contribution < 1.29 is 4.74 Å². The molecule has 3 heteroatoms. The number of hydrogen-bond donors (Lipinski definition) is 0. The van der Waals surface area contributed by atoms with Gasteiger partial charge in [0, 0.05) is 31.6 Å². The van der Waals surface area contributed by atoms with Crippen molar-refractivity contribution in [1.82, 2.24) is 9.78 Å². The molecule has 1 aromatic rings. The van der Waals surface area contributed by atoms with Crippen LogP contribution in [0.1, 0.15) is 44.2 Å². The molecule has 0 bridgehead atoms. The van der Waals surface area contributed by atoms with Crippen molar-refractivity contribution in [3.63, 3.8) is 0 Å². The third-order valence-corrected chi connectivity index (χ3v) is 3.67. The van der Waals surface area contributed by atoms with Gasteiger partial charge in [-0.25, -0.2) is 0 Å². The summed E-state index contributed by atoms with van der Waals surface area (Å²) in [5, 5.41) is 4.26. The van der Waals surface area contributed by atoms with Crippen LogP contribution in [0.4, 0.5) is 0 Å². The van der Waals surface area contributed by atoms with Crippen LogP contribution >= 0.6 is 0 Å². The average Bonchev–Trinajstić information content (AvgIpc) is 2.76. The number of ether oxygens (including phenoxy) is 1. The van der Waals surface area contributed by atoms with Gasteiger partial charge in [0.2, 0.25) is 0 Å². The predicted octanol–water partition coefficient (Wildman–Crippen LogP) is 3.18. The molecule has 1 aliphatic rings. The number of aromatic nitrogens is 2. The molecule has 0 unspecified atom stereocenters. The van der Waals surface area contributed by atoms with Crippen LogP contribution in [0.2, 0.25) is 0 Å². The Morgan fingerprint density at radius 2 is 2.18 bits per heavy atom. The molecule has 0 aliphatic heterocycles. The summed E-state index contributed by atoms with van der Waals surface area (Å²) in [5.74, 6) is 0.829. The van der Waals surface area contributed by atoms with Crippen molar-refractivity contribution in [2.24, 2.45) is 5.92 Å². The van der Waals surface area contributed by atoms with Crippen LogP contribution in [0, 0.1) is 12.8 Å². The second-order valence-corrected chi connectivity index (χ2v) is 5.13. The maximum absolute atomic E-state index is 5.77. The third-order valence-electron chi connectivity index (χ3n) is 3.67. The summed E-state index contributed by atoms with van der Waals surface area (Å²) in [7, 11) is 0. The molecule has 0 N–H and O–H groups in total. The summed E-state index contributed by atoms with van der Waals surface area (Å²) in [4.78, 5) is 0. The minimum atomic E-state index is 0.829. The summed E-state index contributed by atoms with van der Waals surface area (Å²) in [6.45, 7) is 4.91. The molecule has 0 aromatic carbocycles. The second kappa shape index (κ2) is 6.80. The highest BCUT2D eigenvalue weighted by Crippen LogP contribution is 2.23. The normalized spacial score (nSPS) is 17.5. The lowest BCUT2D eigenvalue weighted by Gasteiger charge is -2.21.